The summed E-state index contributed by atoms with van der Waals surface area (Å²) < 4.78 is 13.9. The van der Waals surface area contributed by atoms with E-state index in [1.807, 2.05) is 11.8 Å². The SMILES string of the molecule is C[C@@H]1CN(Cc2ccc(C(N)=O)cc2F)C[C@H]1C(=O)O. The van der Waals surface area contributed by atoms with Crippen molar-refractivity contribution in [2.24, 2.45) is 17.6 Å². The van der Waals surface area contributed by atoms with Crippen molar-refractivity contribution in [3.05, 3.63) is 35.1 Å². The summed E-state index contributed by atoms with van der Waals surface area (Å²) >= 11 is 0. The number of primary amides is 1. The number of rotatable bonds is 4. The molecule has 0 bridgehead atoms. The number of benzene rings is 1. The van der Waals surface area contributed by atoms with Crippen molar-refractivity contribution >= 4 is 11.9 Å². The van der Waals surface area contributed by atoms with Gasteiger partial charge in [-0.25, -0.2) is 4.39 Å². The van der Waals surface area contributed by atoms with Crippen LogP contribution in [-0.4, -0.2) is 35.0 Å². The Bertz CT molecular complexity index is 547. The minimum atomic E-state index is -0.815. The van der Waals surface area contributed by atoms with Crippen LogP contribution < -0.4 is 5.73 Å². The highest BCUT2D eigenvalue weighted by Crippen LogP contribution is 2.25. The second-order valence-electron chi connectivity index (χ2n) is 5.29. The van der Waals surface area contributed by atoms with Gasteiger partial charge in [0.05, 0.1) is 5.92 Å². The zero-order valence-electron chi connectivity index (χ0n) is 11.2. The lowest BCUT2D eigenvalue weighted by molar-refractivity contribution is -0.142. The third kappa shape index (κ3) is 2.96. The Hall–Kier alpha value is -1.95. The van der Waals surface area contributed by atoms with Gasteiger partial charge in [-0.05, 0) is 18.1 Å². The summed E-state index contributed by atoms with van der Waals surface area (Å²) in [6.07, 6.45) is 0. The Labute approximate surface area is 116 Å². The maximum atomic E-state index is 13.9. The Balaban J connectivity index is 2.08. The first kappa shape index (κ1) is 14.5. The molecule has 1 aromatic rings. The maximum absolute atomic E-state index is 13.9. The van der Waals surface area contributed by atoms with E-state index in [9.17, 15) is 14.0 Å². The highest BCUT2D eigenvalue weighted by Gasteiger charge is 2.34. The molecule has 0 saturated carbocycles. The van der Waals surface area contributed by atoms with Crippen LogP contribution in [0.2, 0.25) is 0 Å². The number of carbonyl (C=O) groups excluding carboxylic acids is 1. The van der Waals surface area contributed by atoms with Crippen LogP contribution in [0.5, 0.6) is 0 Å². The van der Waals surface area contributed by atoms with E-state index in [4.69, 9.17) is 10.8 Å². The number of carboxylic acid groups (broad SMARTS) is 1. The smallest absolute Gasteiger partial charge is 0.308 e. The highest BCUT2D eigenvalue weighted by molar-refractivity contribution is 5.92. The molecule has 1 aromatic carbocycles. The predicted octanol–water partition coefficient (Wildman–Crippen LogP) is 1.08. The molecule has 108 valence electrons. The Morgan fingerprint density at radius 2 is 2.15 bits per heavy atom. The summed E-state index contributed by atoms with van der Waals surface area (Å²) in [7, 11) is 0. The highest BCUT2D eigenvalue weighted by atomic mass is 19.1. The number of carbonyl (C=O) groups is 2. The molecule has 1 fully saturated rings. The van der Waals surface area contributed by atoms with E-state index in [1.165, 1.54) is 12.1 Å². The Morgan fingerprint density at radius 3 is 2.65 bits per heavy atom. The van der Waals surface area contributed by atoms with Crippen LogP contribution in [-0.2, 0) is 11.3 Å². The van der Waals surface area contributed by atoms with E-state index in [2.05, 4.69) is 0 Å². The van der Waals surface area contributed by atoms with E-state index in [0.717, 1.165) is 6.07 Å². The number of nitrogens with two attached hydrogens (primary N) is 1. The molecule has 0 spiro atoms. The molecule has 1 aliphatic heterocycles. The van der Waals surface area contributed by atoms with Gasteiger partial charge >= 0.3 is 5.97 Å². The monoisotopic (exact) mass is 280 g/mol. The predicted molar refractivity (Wildman–Crippen MR) is 70.5 cm³/mol. The number of amides is 1. The lowest BCUT2D eigenvalue weighted by atomic mass is 9.99. The van der Waals surface area contributed by atoms with E-state index >= 15 is 0 Å². The molecule has 2 rings (SSSR count). The van der Waals surface area contributed by atoms with Crippen LogP contribution in [0.15, 0.2) is 18.2 Å². The number of halogens is 1. The van der Waals surface area contributed by atoms with Gasteiger partial charge in [-0.1, -0.05) is 13.0 Å². The summed E-state index contributed by atoms with van der Waals surface area (Å²) in [4.78, 5) is 23.9. The topological polar surface area (TPSA) is 83.6 Å². The van der Waals surface area contributed by atoms with Crippen LogP contribution >= 0.6 is 0 Å². The number of hydrogen-bond donors (Lipinski definition) is 2. The van der Waals surface area contributed by atoms with Crippen LogP contribution in [0.1, 0.15) is 22.8 Å². The largest absolute Gasteiger partial charge is 0.481 e. The average Bonchev–Trinajstić information content (AvgIpc) is 2.73. The molecule has 3 N–H and O–H groups in total. The molecule has 20 heavy (non-hydrogen) atoms. The zero-order valence-corrected chi connectivity index (χ0v) is 11.2. The van der Waals surface area contributed by atoms with E-state index in [1.54, 1.807) is 0 Å². The molecule has 1 amide bonds. The van der Waals surface area contributed by atoms with Gasteiger partial charge < -0.3 is 10.8 Å². The van der Waals surface area contributed by atoms with Crippen molar-refractivity contribution < 1.29 is 19.1 Å². The molecule has 0 aliphatic carbocycles. The second kappa shape index (κ2) is 5.58. The summed E-state index contributed by atoms with van der Waals surface area (Å²) in [5.41, 5.74) is 5.65. The fraction of sp³-hybridized carbons (Fsp3) is 0.429. The van der Waals surface area contributed by atoms with Gasteiger partial charge in [0.2, 0.25) is 5.91 Å². The van der Waals surface area contributed by atoms with Crippen LogP contribution in [0.4, 0.5) is 4.39 Å². The minimum Gasteiger partial charge on any atom is -0.481 e. The van der Waals surface area contributed by atoms with Gasteiger partial charge in [0.1, 0.15) is 5.82 Å². The zero-order chi connectivity index (χ0) is 14.9. The maximum Gasteiger partial charge on any atom is 0.308 e. The number of nitrogens with zero attached hydrogens (tertiary/aromatic N) is 1. The van der Waals surface area contributed by atoms with Crippen LogP contribution in [0.3, 0.4) is 0 Å². The second-order valence-corrected chi connectivity index (χ2v) is 5.29. The lowest BCUT2D eigenvalue weighted by Gasteiger charge is -2.16. The molecule has 1 saturated heterocycles. The summed E-state index contributed by atoms with van der Waals surface area (Å²) in [6, 6.07) is 4.12. The van der Waals surface area contributed by atoms with Crippen molar-refractivity contribution in [3.8, 4) is 0 Å². The molecule has 0 aromatic heterocycles. The van der Waals surface area contributed by atoms with Gasteiger partial charge in [0.15, 0.2) is 0 Å². The first-order chi connectivity index (χ1) is 9.38. The third-order valence-electron chi connectivity index (χ3n) is 3.74. The van der Waals surface area contributed by atoms with Gasteiger partial charge in [0, 0.05) is 30.8 Å². The first-order valence-electron chi connectivity index (χ1n) is 6.42. The fourth-order valence-electron chi connectivity index (χ4n) is 2.59. The quantitative estimate of drug-likeness (QED) is 0.864. The number of likely N-dealkylation sites (tertiary alicyclic amines) is 1. The molecule has 2 atom stereocenters. The third-order valence-corrected chi connectivity index (χ3v) is 3.74. The number of hydrogen-bond acceptors (Lipinski definition) is 3. The fourth-order valence-corrected chi connectivity index (χ4v) is 2.59. The Morgan fingerprint density at radius 1 is 1.45 bits per heavy atom. The Kier molecular flexibility index (Phi) is 4.04. The molecule has 0 unspecified atom stereocenters. The minimum absolute atomic E-state index is 0.0421. The molecular weight excluding hydrogens is 263 g/mol. The normalized spacial score (nSPS) is 22.9. The van der Waals surface area contributed by atoms with Crippen molar-refractivity contribution in [3.63, 3.8) is 0 Å². The molecule has 5 nitrogen and oxygen atoms in total. The van der Waals surface area contributed by atoms with Crippen molar-refractivity contribution in [2.45, 2.75) is 13.5 Å². The average molecular weight is 280 g/mol. The number of aliphatic carboxylic acids is 1. The first-order valence-corrected chi connectivity index (χ1v) is 6.42. The van der Waals surface area contributed by atoms with Gasteiger partial charge in [-0.15, -0.1) is 0 Å². The standard InChI is InChI=1S/C14H17FN2O3/c1-8-5-17(7-11(8)14(19)20)6-10-3-2-9(13(16)18)4-12(10)15/h2-4,8,11H,5-7H2,1H3,(H2,16,18)(H,19,20)/t8-,11-/m1/s1. The molecule has 1 aliphatic rings. The summed E-state index contributed by atoms with van der Waals surface area (Å²) in [5.74, 6) is -2.35. The van der Waals surface area contributed by atoms with Gasteiger partial charge in [-0.3, -0.25) is 14.5 Å². The van der Waals surface area contributed by atoms with Crippen LogP contribution in [0, 0.1) is 17.7 Å². The van der Waals surface area contributed by atoms with Crippen molar-refractivity contribution in [1.82, 2.24) is 4.90 Å². The molecule has 1 heterocycles. The number of carboxylic acids is 1. The van der Waals surface area contributed by atoms with Crippen molar-refractivity contribution in [2.75, 3.05) is 13.1 Å². The molecule has 0 radical (unpaired) electrons. The van der Waals surface area contributed by atoms with E-state index < -0.39 is 23.6 Å². The van der Waals surface area contributed by atoms with E-state index in [-0.39, 0.29) is 11.5 Å². The van der Waals surface area contributed by atoms with Gasteiger partial charge in [-0.2, -0.15) is 0 Å². The van der Waals surface area contributed by atoms with E-state index in [0.29, 0.717) is 25.2 Å². The summed E-state index contributed by atoms with van der Waals surface area (Å²) in [5, 5.41) is 9.07. The molecular formula is C14H17FN2O3. The lowest BCUT2D eigenvalue weighted by Crippen LogP contribution is -2.23. The molecule has 6 heteroatoms. The van der Waals surface area contributed by atoms with Crippen molar-refractivity contribution in [1.29, 1.82) is 0 Å². The summed E-state index contributed by atoms with van der Waals surface area (Å²) in [6.45, 7) is 3.24. The van der Waals surface area contributed by atoms with Crippen LogP contribution in [0.25, 0.3) is 0 Å². The van der Waals surface area contributed by atoms with Gasteiger partial charge in [0.25, 0.3) is 0 Å².